The molecular weight excluding hydrogens is 615 g/mol. The maximum absolute atomic E-state index is 14.8. The van der Waals surface area contributed by atoms with Crippen molar-refractivity contribution in [3.05, 3.63) is 93.4 Å². The number of hydrogen-bond donors (Lipinski definition) is 1. The van der Waals surface area contributed by atoms with Crippen molar-refractivity contribution in [2.75, 3.05) is 0 Å². The lowest BCUT2D eigenvalue weighted by atomic mass is 9.90. The molecule has 0 saturated carbocycles. The van der Waals surface area contributed by atoms with Crippen molar-refractivity contribution in [1.29, 1.82) is 0 Å². The Morgan fingerprint density at radius 2 is 1.61 bits per heavy atom. The predicted molar refractivity (Wildman–Crippen MR) is 192 cm³/mol. The number of halogens is 6. The highest BCUT2D eigenvalue weighted by atomic mass is 35.5. The fraction of sp³-hybridized carbons (Fsp3) is 0.500. The number of benzene rings is 1. The molecule has 0 saturated heterocycles. The van der Waals surface area contributed by atoms with Gasteiger partial charge in [-0.3, -0.25) is 4.99 Å². The first-order valence-electron chi connectivity index (χ1n) is 16.4. The van der Waals surface area contributed by atoms with Crippen molar-refractivity contribution in [2.24, 2.45) is 4.99 Å². The van der Waals surface area contributed by atoms with Crippen LogP contribution in [0.3, 0.4) is 0 Å². The molecule has 2 nitrogen and oxygen atoms in total. The van der Waals surface area contributed by atoms with Crippen LogP contribution in [0, 0.1) is 5.82 Å². The summed E-state index contributed by atoms with van der Waals surface area (Å²) in [6.45, 7) is 24.5. The van der Waals surface area contributed by atoms with Gasteiger partial charge in [0.25, 0.3) is 0 Å². The van der Waals surface area contributed by atoms with Gasteiger partial charge in [0.2, 0.25) is 0 Å². The molecule has 2 rings (SSSR count). The number of fused-ring (bicyclic) bond motifs is 1. The van der Waals surface area contributed by atoms with E-state index in [1.807, 2.05) is 73.6 Å². The summed E-state index contributed by atoms with van der Waals surface area (Å²) in [5.41, 5.74) is 4.02. The maximum Gasteiger partial charge on any atom is 0.412 e. The van der Waals surface area contributed by atoms with Gasteiger partial charge in [0.1, 0.15) is 5.83 Å². The third-order valence-corrected chi connectivity index (χ3v) is 7.04. The lowest BCUT2D eigenvalue weighted by Crippen LogP contribution is -2.08. The smallest absolute Gasteiger partial charge is 0.358 e. The average Bonchev–Trinajstić information content (AvgIpc) is 3.41. The highest BCUT2D eigenvalue weighted by Gasteiger charge is 2.29. The van der Waals surface area contributed by atoms with E-state index in [9.17, 15) is 22.0 Å². The van der Waals surface area contributed by atoms with Crippen LogP contribution >= 0.6 is 11.6 Å². The zero-order valence-electron chi connectivity index (χ0n) is 29.8. The minimum absolute atomic E-state index is 0.104. The standard InChI is InChI=1S/C24H30ClF2N.C10H14F3N.2C2H6/c1-6-9-11-18-22-21(13-12-19(25)23(22)27)28-24(18)16(5)17(10-7-2)14-20(26)15(4)8-3;1-4-5-9(3)14-7-6-8(2)10(11,12)13;2*1-2/h10,12-14,16,28H,4,6-9,11H2,1-3,5H3;5-7H,4H2,1-3H3;2*1-2H3/b17-10+,20-14+;8-6+,9-5+,14-7+;;. The van der Waals surface area contributed by atoms with Crippen LogP contribution in [-0.2, 0) is 6.42 Å². The number of H-pyrrole nitrogens is 1. The predicted octanol–water partition coefficient (Wildman–Crippen LogP) is 14.5. The Kier molecular flexibility index (Phi) is 23.8. The number of alkyl halides is 3. The van der Waals surface area contributed by atoms with E-state index in [0.29, 0.717) is 17.4 Å². The molecule has 1 heterocycles. The summed E-state index contributed by atoms with van der Waals surface area (Å²) in [7, 11) is 0. The second-order valence-electron chi connectivity index (χ2n) is 10.1. The first-order valence-corrected chi connectivity index (χ1v) is 16.8. The van der Waals surface area contributed by atoms with Crippen LogP contribution in [0.1, 0.15) is 125 Å². The molecule has 1 N–H and O–H groups in total. The van der Waals surface area contributed by atoms with Crippen molar-refractivity contribution in [2.45, 2.75) is 127 Å². The van der Waals surface area contributed by atoms with Gasteiger partial charge in [0.05, 0.1) is 5.02 Å². The van der Waals surface area contributed by atoms with Gasteiger partial charge < -0.3 is 4.98 Å². The van der Waals surface area contributed by atoms with E-state index in [4.69, 9.17) is 11.6 Å². The number of aromatic nitrogens is 1. The number of aliphatic imine (C=N–C) groups is 1. The van der Waals surface area contributed by atoms with E-state index in [1.165, 1.54) is 6.21 Å². The molecule has 260 valence electrons. The molecule has 1 aromatic heterocycles. The van der Waals surface area contributed by atoms with Gasteiger partial charge >= 0.3 is 6.18 Å². The minimum atomic E-state index is -4.26. The highest BCUT2D eigenvalue weighted by molar-refractivity contribution is 6.31. The van der Waals surface area contributed by atoms with Crippen LogP contribution in [-0.4, -0.2) is 17.4 Å². The summed E-state index contributed by atoms with van der Waals surface area (Å²) in [5.74, 6) is -0.788. The Bertz CT molecular complexity index is 1340. The second kappa shape index (κ2) is 24.3. The molecule has 0 bridgehead atoms. The van der Waals surface area contributed by atoms with Gasteiger partial charge in [-0.15, -0.1) is 0 Å². The molecule has 0 amide bonds. The molecular formula is C38H56ClF5N2. The zero-order valence-corrected chi connectivity index (χ0v) is 30.5. The van der Waals surface area contributed by atoms with Gasteiger partial charge in [0.15, 0.2) is 5.82 Å². The first kappa shape index (κ1) is 45.2. The summed E-state index contributed by atoms with van der Waals surface area (Å²) >= 11 is 6.05. The molecule has 46 heavy (non-hydrogen) atoms. The third-order valence-electron chi connectivity index (χ3n) is 6.75. The van der Waals surface area contributed by atoms with Crippen LogP contribution in [0.15, 0.2) is 76.3 Å². The van der Waals surface area contributed by atoms with Gasteiger partial charge in [-0.1, -0.05) is 99.1 Å². The molecule has 8 heteroatoms. The number of allylic oxidation sites excluding steroid dienone is 9. The molecule has 0 fully saturated rings. The van der Waals surface area contributed by atoms with Crippen LogP contribution in [0.4, 0.5) is 22.0 Å². The van der Waals surface area contributed by atoms with Gasteiger partial charge in [0, 0.05) is 40.0 Å². The molecule has 0 spiro atoms. The maximum atomic E-state index is 14.8. The monoisotopic (exact) mass is 670 g/mol. The summed E-state index contributed by atoms with van der Waals surface area (Å²) in [6, 6.07) is 3.38. The van der Waals surface area contributed by atoms with E-state index < -0.39 is 11.7 Å². The molecule has 0 aliphatic rings. The fourth-order valence-corrected chi connectivity index (χ4v) is 4.33. The summed E-state index contributed by atoms with van der Waals surface area (Å²) in [6.07, 6.45) is 8.18. The van der Waals surface area contributed by atoms with Crippen molar-refractivity contribution in [3.63, 3.8) is 0 Å². The molecule has 1 aromatic carbocycles. The first-order chi connectivity index (χ1) is 21.7. The molecule has 0 aliphatic carbocycles. The summed E-state index contributed by atoms with van der Waals surface area (Å²) < 4.78 is 65.3. The van der Waals surface area contributed by atoms with Crippen molar-refractivity contribution in [1.82, 2.24) is 4.98 Å². The molecule has 1 unspecified atom stereocenters. The van der Waals surface area contributed by atoms with Crippen LogP contribution in [0.5, 0.6) is 0 Å². The van der Waals surface area contributed by atoms with E-state index in [1.54, 1.807) is 19.1 Å². The summed E-state index contributed by atoms with van der Waals surface area (Å²) in [5, 5.41) is 0.680. The van der Waals surface area contributed by atoms with E-state index in [0.717, 1.165) is 73.1 Å². The zero-order chi connectivity index (χ0) is 36.0. The minimum Gasteiger partial charge on any atom is -0.358 e. The Morgan fingerprint density at radius 3 is 2.11 bits per heavy atom. The molecule has 1 atom stereocenters. The number of nitrogens with one attached hydrogen (secondary N) is 1. The Labute approximate surface area is 280 Å². The Hall–Kier alpha value is -2.93. The summed E-state index contributed by atoms with van der Waals surface area (Å²) in [4.78, 5) is 7.21. The SMILES string of the molecule is C=C(CC)/C(F)=C\C(=C/CC)C(C)c1[nH]c2ccc(Cl)c(F)c2c1CCCC.CC.CC.CC/C=C(C)/N=C/C=C(\C)C(F)(F)F. The molecule has 2 aromatic rings. The number of nitrogens with zero attached hydrogens (tertiary/aromatic N) is 1. The Morgan fingerprint density at radius 1 is 1.02 bits per heavy atom. The van der Waals surface area contributed by atoms with Gasteiger partial charge in [-0.25, -0.2) is 8.78 Å². The van der Waals surface area contributed by atoms with Crippen LogP contribution in [0.2, 0.25) is 5.02 Å². The number of unbranched alkanes of at least 4 members (excludes halogenated alkanes) is 1. The van der Waals surface area contributed by atoms with Gasteiger partial charge in [-0.05, 0) is 86.9 Å². The average molecular weight is 671 g/mol. The quantitative estimate of drug-likeness (QED) is 0.132. The van der Waals surface area contributed by atoms with Crippen LogP contribution < -0.4 is 0 Å². The number of aromatic amines is 1. The number of rotatable bonds is 12. The van der Waals surface area contributed by atoms with Gasteiger partial charge in [-0.2, -0.15) is 13.2 Å². The van der Waals surface area contributed by atoms with Crippen molar-refractivity contribution in [3.8, 4) is 0 Å². The number of hydrogen-bond acceptors (Lipinski definition) is 1. The fourth-order valence-electron chi connectivity index (χ4n) is 4.18. The van der Waals surface area contributed by atoms with Crippen molar-refractivity contribution >= 4 is 28.7 Å². The van der Waals surface area contributed by atoms with Crippen molar-refractivity contribution < 1.29 is 22.0 Å². The Balaban J connectivity index is 0. The largest absolute Gasteiger partial charge is 0.412 e. The number of aryl methyl sites for hydroxylation is 1. The third kappa shape index (κ3) is 15.1. The lowest BCUT2D eigenvalue weighted by molar-refractivity contribution is -0.0911. The highest BCUT2D eigenvalue weighted by Crippen LogP contribution is 2.37. The topological polar surface area (TPSA) is 28.1 Å². The molecule has 0 radical (unpaired) electrons. The normalized spacial score (nSPS) is 13.4. The van der Waals surface area contributed by atoms with E-state index in [-0.39, 0.29) is 22.6 Å². The lowest BCUT2D eigenvalue weighted by Gasteiger charge is -2.16. The molecule has 0 aliphatic heterocycles. The van der Waals surface area contributed by atoms with E-state index >= 15 is 0 Å². The second-order valence-corrected chi connectivity index (χ2v) is 10.5. The van der Waals surface area contributed by atoms with Crippen LogP contribution in [0.25, 0.3) is 10.9 Å². The van der Waals surface area contributed by atoms with E-state index in [2.05, 4.69) is 23.5 Å².